The first-order chi connectivity index (χ1) is 4.83. The zero-order chi connectivity index (χ0) is 7.40. The highest BCUT2D eigenvalue weighted by Gasteiger charge is 1.99. The number of rotatable bonds is 2. The fourth-order valence-corrected chi connectivity index (χ4v) is 1.12. The molecule has 1 heterocycles. The minimum Gasteiger partial charge on any atom is -0.301 e. The van der Waals surface area contributed by atoms with Crippen molar-refractivity contribution in [3.8, 4) is 0 Å². The highest BCUT2D eigenvalue weighted by Crippen LogP contribution is 2.09. The highest BCUT2D eigenvalue weighted by molar-refractivity contribution is 9.09. The lowest BCUT2D eigenvalue weighted by Crippen LogP contribution is -2.11. The van der Waals surface area contributed by atoms with Gasteiger partial charge in [0.1, 0.15) is 0 Å². The summed E-state index contributed by atoms with van der Waals surface area (Å²) in [5.74, 6) is -0.0741. The maximum Gasteiger partial charge on any atom is 0.236 e. The van der Waals surface area contributed by atoms with Gasteiger partial charge in [-0.2, -0.15) is 0 Å². The molecule has 0 aliphatic carbocycles. The standard InChI is InChI=1S/C5H5BrN2OS/c6-3-4(9)8-5-7-1-2-10-5/h1-2H,3H2,(H,7,8,9). The van der Waals surface area contributed by atoms with E-state index >= 15 is 0 Å². The first kappa shape index (κ1) is 7.68. The first-order valence-electron chi connectivity index (χ1n) is 2.58. The van der Waals surface area contributed by atoms with Gasteiger partial charge in [0.05, 0.1) is 5.33 Å². The monoisotopic (exact) mass is 220 g/mol. The van der Waals surface area contributed by atoms with Crippen LogP contribution < -0.4 is 5.32 Å². The van der Waals surface area contributed by atoms with Crippen LogP contribution in [-0.2, 0) is 4.79 Å². The number of halogens is 1. The molecule has 1 aromatic heterocycles. The Hall–Kier alpha value is -0.420. The average Bonchev–Trinajstić information content (AvgIpc) is 2.40. The number of thiazole rings is 1. The van der Waals surface area contributed by atoms with E-state index < -0.39 is 0 Å². The number of carbonyl (C=O) groups excluding carboxylic acids is 1. The second-order valence-corrected chi connectivity index (χ2v) is 2.97. The van der Waals surface area contributed by atoms with E-state index in [1.54, 1.807) is 6.20 Å². The Morgan fingerprint density at radius 1 is 1.90 bits per heavy atom. The van der Waals surface area contributed by atoms with Crippen molar-refractivity contribution in [2.45, 2.75) is 0 Å². The van der Waals surface area contributed by atoms with Crippen LogP contribution in [0.5, 0.6) is 0 Å². The molecule has 0 bridgehead atoms. The van der Waals surface area contributed by atoms with Crippen LogP contribution in [0, 0.1) is 0 Å². The molecular formula is C5H5BrN2OS. The number of hydrogen-bond acceptors (Lipinski definition) is 3. The van der Waals surface area contributed by atoms with Gasteiger partial charge in [-0.25, -0.2) is 4.98 Å². The van der Waals surface area contributed by atoms with E-state index in [1.165, 1.54) is 11.3 Å². The zero-order valence-corrected chi connectivity index (χ0v) is 7.41. The largest absolute Gasteiger partial charge is 0.301 e. The van der Waals surface area contributed by atoms with E-state index in [2.05, 4.69) is 26.2 Å². The Labute approximate surface area is 70.6 Å². The summed E-state index contributed by atoms with van der Waals surface area (Å²) in [6, 6.07) is 0. The Morgan fingerprint density at radius 2 is 2.70 bits per heavy atom. The van der Waals surface area contributed by atoms with Crippen molar-refractivity contribution in [1.29, 1.82) is 0 Å². The maximum absolute atomic E-state index is 10.7. The second-order valence-electron chi connectivity index (χ2n) is 1.52. The van der Waals surface area contributed by atoms with Crippen molar-refractivity contribution >= 4 is 38.3 Å². The van der Waals surface area contributed by atoms with Crippen LogP contribution in [0.2, 0.25) is 0 Å². The summed E-state index contributed by atoms with van der Waals surface area (Å²) in [7, 11) is 0. The molecule has 1 N–H and O–H groups in total. The molecule has 54 valence electrons. The van der Waals surface area contributed by atoms with Crippen LogP contribution in [0.25, 0.3) is 0 Å². The van der Waals surface area contributed by atoms with E-state index in [-0.39, 0.29) is 5.91 Å². The van der Waals surface area contributed by atoms with E-state index in [9.17, 15) is 4.79 Å². The SMILES string of the molecule is O=C(CBr)Nc1nccs1. The van der Waals surface area contributed by atoms with Gasteiger partial charge in [0, 0.05) is 11.6 Å². The molecule has 1 rings (SSSR count). The van der Waals surface area contributed by atoms with Gasteiger partial charge >= 0.3 is 0 Å². The van der Waals surface area contributed by atoms with Gasteiger partial charge in [0.2, 0.25) is 5.91 Å². The van der Waals surface area contributed by atoms with E-state index in [0.717, 1.165) is 0 Å². The second kappa shape index (κ2) is 3.68. The number of hydrogen-bond donors (Lipinski definition) is 1. The third-order valence-electron chi connectivity index (χ3n) is 0.800. The molecule has 0 atom stereocenters. The molecule has 0 fully saturated rings. The fraction of sp³-hybridized carbons (Fsp3) is 0.200. The van der Waals surface area contributed by atoms with E-state index in [1.807, 2.05) is 5.38 Å². The van der Waals surface area contributed by atoms with E-state index in [4.69, 9.17) is 0 Å². The molecule has 0 aliphatic heterocycles. The maximum atomic E-state index is 10.7. The molecule has 3 nitrogen and oxygen atoms in total. The zero-order valence-electron chi connectivity index (χ0n) is 5.00. The highest BCUT2D eigenvalue weighted by atomic mass is 79.9. The van der Waals surface area contributed by atoms with Crippen LogP contribution >= 0.6 is 27.3 Å². The topological polar surface area (TPSA) is 42.0 Å². The molecule has 5 heteroatoms. The summed E-state index contributed by atoms with van der Waals surface area (Å²) < 4.78 is 0. The quantitative estimate of drug-likeness (QED) is 0.768. The molecular weight excluding hydrogens is 216 g/mol. The molecule has 1 aromatic rings. The minimum absolute atomic E-state index is 0.0741. The van der Waals surface area contributed by atoms with Crippen LogP contribution in [0.1, 0.15) is 0 Å². The molecule has 0 saturated carbocycles. The number of nitrogens with one attached hydrogen (secondary N) is 1. The minimum atomic E-state index is -0.0741. The third kappa shape index (κ3) is 2.07. The molecule has 1 amide bonds. The normalized spacial score (nSPS) is 9.30. The Bertz CT molecular complexity index is 211. The number of anilines is 1. The lowest BCUT2D eigenvalue weighted by Gasteiger charge is -1.94. The molecule has 10 heavy (non-hydrogen) atoms. The molecule has 0 spiro atoms. The van der Waals surface area contributed by atoms with Gasteiger partial charge in [-0.3, -0.25) is 4.79 Å². The van der Waals surface area contributed by atoms with Gasteiger partial charge in [0.15, 0.2) is 5.13 Å². The lowest BCUT2D eigenvalue weighted by atomic mass is 10.7. The van der Waals surface area contributed by atoms with Crippen molar-refractivity contribution in [3.63, 3.8) is 0 Å². The Balaban J connectivity index is 2.48. The lowest BCUT2D eigenvalue weighted by molar-refractivity contribution is -0.113. The summed E-state index contributed by atoms with van der Waals surface area (Å²) in [6.07, 6.45) is 1.65. The Kier molecular flexibility index (Phi) is 2.82. The van der Waals surface area contributed by atoms with Crippen molar-refractivity contribution in [2.24, 2.45) is 0 Å². The summed E-state index contributed by atoms with van der Waals surface area (Å²) in [4.78, 5) is 14.6. The average molecular weight is 221 g/mol. The van der Waals surface area contributed by atoms with Crippen LogP contribution in [0.4, 0.5) is 5.13 Å². The number of nitrogens with zero attached hydrogens (tertiary/aromatic N) is 1. The Morgan fingerprint density at radius 3 is 3.20 bits per heavy atom. The van der Waals surface area contributed by atoms with E-state index in [0.29, 0.717) is 10.5 Å². The van der Waals surface area contributed by atoms with Crippen molar-refractivity contribution in [3.05, 3.63) is 11.6 Å². The van der Waals surface area contributed by atoms with Gasteiger partial charge < -0.3 is 5.32 Å². The van der Waals surface area contributed by atoms with Gasteiger partial charge in [-0.1, -0.05) is 15.9 Å². The molecule has 0 radical (unpaired) electrons. The number of aromatic nitrogens is 1. The third-order valence-corrected chi connectivity index (χ3v) is 2.00. The first-order valence-corrected chi connectivity index (χ1v) is 4.58. The molecule has 0 aromatic carbocycles. The number of alkyl halides is 1. The predicted octanol–water partition coefficient (Wildman–Crippen LogP) is 1.48. The smallest absolute Gasteiger partial charge is 0.236 e. The molecule has 0 unspecified atom stereocenters. The van der Waals surface area contributed by atoms with Gasteiger partial charge in [-0.15, -0.1) is 11.3 Å². The number of carbonyl (C=O) groups is 1. The number of amides is 1. The van der Waals surface area contributed by atoms with Crippen LogP contribution in [0.3, 0.4) is 0 Å². The molecule has 0 saturated heterocycles. The summed E-state index contributed by atoms with van der Waals surface area (Å²) in [6.45, 7) is 0. The van der Waals surface area contributed by atoms with Gasteiger partial charge in [0.25, 0.3) is 0 Å². The van der Waals surface area contributed by atoms with Crippen molar-refractivity contribution in [2.75, 3.05) is 10.6 Å². The summed E-state index contributed by atoms with van der Waals surface area (Å²) >= 11 is 4.43. The van der Waals surface area contributed by atoms with Crippen LogP contribution in [-0.4, -0.2) is 16.2 Å². The fourth-order valence-electron chi connectivity index (χ4n) is 0.438. The van der Waals surface area contributed by atoms with Gasteiger partial charge in [-0.05, 0) is 0 Å². The van der Waals surface area contributed by atoms with Crippen molar-refractivity contribution < 1.29 is 4.79 Å². The van der Waals surface area contributed by atoms with Crippen LogP contribution in [0.15, 0.2) is 11.6 Å². The summed E-state index contributed by atoms with van der Waals surface area (Å²) in [5.41, 5.74) is 0. The van der Waals surface area contributed by atoms with Crippen molar-refractivity contribution in [1.82, 2.24) is 4.98 Å². The molecule has 0 aliphatic rings. The predicted molar refractivity (Wildman–Crippen MR) is 44.5 cm³/mol. The summed E-state index contributed by atoms with van der Waals surface area (Å²) in [5, 5.41) is 5.36.